The van der Waals surface area contributed by atoms with Crippen LogP contribution < -0.4 is 20.5 Å². The highest BCUT2D eigenvalue weighted by atomic mass is 35.5. The summed E-state index contributed by atoms with van der Waals surface area (Å²) in [5.41, 5.74) is 8.22. The van der Waals surface area contributed by atoms with Crippen LogP contribution in [0.1, 0.15) is 5.56 Å². The Morgan fingerprint density at radius 2 is 1.81 bits per heavy atom. The van der Waals surface area contributed by atoms with Gasteiger partial charge in [-0.15, -0.1) is 0 Å². The van der Waals surface area contributed by atoms with E-state index in [-0.39, 0.29) is 0 Å². The summed E-state index contributed by atoms with van der Waals surface area (Å²) in [6.45, 7) is 1.00. The van der Waals surface area contributed by atoms with E-state index in [1.165, 1.54) is 0 Å². The molecule has 0 saturated heterocycles. The molecule has 0 radical (unpaired) electrons. The maximum atomic E-state index is 9.14. The highest BCUT2D eigenvalue weighted by Gasteiger charge is 2.15. The van der Waals surface area contributed by atoms with Crippen LogP contribution in [0.25, 0.3) is 0 Å². The summed E-state index contributed by atoms with van der Waals surface area (Å²) in [5, 5.41) is 12.8. The van der Waals surface area contributed by atoms with Crippen molar-refractivity contribution in [2.75, 3.05) is 24.3 Å². The SMILES string of the molecule is N#Cc1ccc(Cl)cc1Nc1cc2c(cc1N)OCCO2. The average molecular weight is 302 g/mol. The number of benzene rings is 2. The maximum absolute atomic E-state index is 9.14. The molecule has 1 heterocycles. The second-order valence-electron chi connectivity index (χ2n) is 4.51. The van der Waals surface area contributed by atoms with Gasteiger partial charge in [0.15, 0.2) is 11.5 Å². The van der Waals surface area contributed by atoms with Crippen LogP contribution in [-0.4, -0.2) is 13.2 Å². The number of hydrogen-bond donors (Lipinski definition) is 2. The van der Waals surface area contributed by atoms with E-state index in [1.54, 1.807) is 30.3 Å². The molecular weight excluding hydrogens is 290 g/mol. The van der Waals surface area contributed by atoms with Gasteiger partial charge in [0, 0.05) is 17.2 Å². The van der Waals surface area contributed by atoms with Crippen molar-refractivity contribution in [1.82, 2.24) is 0 Å². The third-order valence-electron chi connectivity index (χ3n) is 3.09. The highest BCUT2D eigenvalue weighted by Crippen LogP contribution is 2.38. The van der Waals surface area contributed by atoms with Crippen LogP contribution in [0.5, 0.6) is 11.5 Å². The van der Waals surface area contributed by atoms with Gasteiger partial charge in [-0.25, -0.2) is 0 Å². The molecule has 3 N–H and O–H groups in total. The lowest BCUT2D eigenvalue weighted by molar-refractivity contribution is 0.172. The van der Waals surface area contributed by atoms with Crippen molar-refractivity contribution in [3.8, 4) is 17.6 Å². The quantitative estimate of drug-likeness (QED) is 0.832. The van der Waals surface area contributed by atoms with Gasteiger partial charge in [-0.1, -0.05) is 11.6 Å². The van der Waals surface area contributed by atoms with Crippen molar-refractivity contribution >= 4 is 28.7 Å². The maximum Gasteiger partial charge on any atom is 0.163 e. The van der Waals surface area contributed by atoms with Crippen molar-refractivity contribution in [2.45, 2.75) is 0 Å². The van der Waals surface area contributed by atoms with Gasteiger partial charge in [0.2, 0.25) is 0 Å². The van der Waals surface area contributed by atoms with Crippen LogP contribution in [0.15, 0.2) is 30.3 Å². The molecule has 2 aromatic rings. The molecule has 0 saturated carbocycles. The summed E-state index contributed by atoms with van der Waals surface area (Å²) in [7, 11) is 0. The number of nitriles is 1. The fourth-order valence-corrected chi connectivity index (χ4v) is 2.25. The Labute approximate surface area is 126 Å². The molecule has 106 valence electrons. The number of hydrogen-bond acceptors (Lipinski definition) is 5. The predicted octanol–water partition coefficient (Wildman–Crippen LogP) is 3.31. The number of ether oxygens (including phenoxy) is 2. The smallest absolute Gasteiger partial charge is 0.163 e. The van der Waals surface area contributed by atoms with Crippen LogP contribution in [0.2, 0.25) is 5.02 Å². The van der Waals surface area contributed by atoms with Crippen LogP contribution in [0, 0.1) is 11.3 Å². The Morgan fingerprint density at radius 3 is 2.52 bits per heavy atom. The fraction of sp³-hybridized carbons (Fsp3) is 0.133. The minimum atomic E-state index is 0.480. The first-order valence-corrected chi connectivity index (χ1v) is 6.71. The van der Waals surface area contributed by atoms with Gasteiger partial charge in [-0.05, 0) is 18.2 Å². The average Bonchev–Trinajstić information content (AvgIpc) is 2.48. The number of nitrogens with zero attached hydrogens (tertiary/aromatic N) is 1. The largest absolute Gasteiger partial charge is 0.486 e. The predicted molar refractivity (Wildman–Crippen MR) is 81.3 cm³/mol. The molecule has 2 aromatic carbocycles. The molecule has 0 unspecified atom stereocenters. The van der Waals surface area contributed by atoms with E-state index in [4.69, 9.17) is 32.1 Å². The molecule has 21 heavy (non-hydrogen) atoms. The normalized spacial score (nSPS) is 12.6. The molecular formula is C15H12ClN3O2. The molecule has 3 rings (SSSR count). The van der Waals surface area contributed by atoms with Crippen LogP contribution in [0.4, 0.5) is 17.1 Å². The minimum absolute atomic E-state index is 0.480. The summed E-state index contributed by atoms with van der Waals surface area (Å²) in [6.07, 6.45) is 0. The lowest BCUT2D eigenvalue weighted by atomic mass is 10.1. The molecule has 6 heteroatoms. The zero-order chi connectivity index (χ0) is 14.8. The summed E-state index contributed by atoms with van der Waals surface area (Å²) < 4.78 is 11.0. The zero-order valence-corrected chi connectivity index (χ0v) is 11.8. The Balaban J connectivity index is 1.99. The van der Waals surface area contributed by atoms with Gasteiger partial charge in [0.25, 0.3) is 0 Å². The minimum Gasteiger partial charge on any atom is -0.486 e. The standard InChI is InChI=1S/C15H12ClN3O2/c16-10-2-1-9(8-17)12(5-10)19-13-7-15-14(6-11(13)18)20-3-4-21-15/h1-2,5-7,19H,3-4,18H2. The molecule has 1 aliphatic heterocycles. The first kappa shape index (κ1) is 13.4. The number of rotatable bonds is 2. The molecule has 0 amide bonds. The first-order chi connectivity index (χ1) is 10.2. The topological polar surface area (TPSA) is 80.3 Å². The van der Waals surface area contributed by atoms with Gasteiger partial charge < -0.3 is 20.5 Å². The van der Waals surface area contributed by atoms with E-state index in [0.29, 0.717) is 52.4 Å². The van der Waals surface area contributed by atoms with Gasteiger partial charge in [-0.3, -0.25) is 0 Å². The van der Waals surface area contributed by atoms with Crippen molar-refractivity contribution in [2.24, 2.45) is 0 Å². The van der Waals surface area contributed by atoms with Gasteiger partial charge in [0.05, 0.1) is 22.6 Å². The summed E-state index contributed by atoms with van der Waals surface area (Å²) in [6, 6.07) is 10.6. The zero-order valence-electron chi connectivity index (χ0n) is 11.0. The van der Waals surface area contributed by atoms with E-state index in [9.17, 15) is 0 Å². The second-order valence-corrected chi connectivity index (χ2v) is 4.95. The molecule has 0 fully saturated rings. The van der Waals surface area contributed by atoms with Crippen LogP contribution in [-0.2, 0) is 0 Å². The fourth-order valence-electron chi connectivity index (χ4n) is 2.08. The van der Waals surface area contributed by atoms with Crippen LogP contribution in [0.3, 0.4) is 0 Å². The summed E-state index contributed by atoms with van der Waals surface area (Å²) in [5.74, 6) is 1.24. The molecule has 0 aromatic heterocycles. The first-order valence-electron chi connectivity index (χ1n) is 6.33. The molecule has 0 aliphatic carbocycles. The lowest BCUT2D eigenvalue weighted by Gasteiger charge is -2.20. The van der Waals surface area contributed by atoms with Crippen molar-refractivity contribution in [3.05, 3.63) is 40.9 Å². The second kappa shape index (κ2) is 5.43. The number of nitrogen functional groups attached to an aromatic ring is 1. The molecule has 1 aliphatic rings. The lowest BCUT2D eigenvalue weighted by Crippen LogP contribution is -2.15. The van der Waals surface area contributed by atoms with E-state index in [2.05, 4.69) is 11.4 Å². The molecule has 0 atom stereocenters. The monoisotopic (exact) mass is 301 g/mol. The van der Waals surface area contributed by atoms with Crippen molar-refractivity contribution < 1.29 is 9.47 Å². The molecule has 0 bridgehead atoms. The van der Waals surface area contributed by atoms with E-state index in [0.717, 1.165) is 0 Å². The summed E-state index contributed by atoms with van der Waals surface area (Å²) in [4.78, 5) is 0. The molecule has 5 nitrogen and oxygen atoms in total. The van der Waals surface area contributed by atoms with Crippen molar-refractivity contribution in [1.29, 1.82) is 5.26 Å². The summed E-state index contributed by atoms with van der Waals surface area (Å²) >= 11 is 5.97. The van der Waals surface area contributed by atoms with E-state index < -0.39 is 0 Å². The van der Waals surface area contributed by atoms with Crippen LogP contribution >= 0.6 is 11.6 Å². The number of anilines is 3. The molecule has 0 spiro atoms. The third-order valence-corrected chi connectivity index (χ3v) is 3.32. The Bertz CT molecular complexity index is 740. The Morgan fingerprint density at radius 1 is 1.10 bits per heavy atom. The Kier molecular flexibility index (Phi) is 3.46. The third kappa shape index (κ3) is 2.67. The number of nitrogens with one attached hydrogen (secondary N) is 1. The number of nitrogens with two attached hydrogens (primary N) is 1. The van der Waals surface area contributed by atoms with E-state index >= 15 is 0 Å². The van der Waals surface area contributed by atoms with Crippen molar-refractivity contribution in [3.63, 3.8) is 0 Å². The number of halogens is 1. The number of fused-ring (bicyclic) bond motifs is 1. The van der Waals surface area contributed by atoms with Gasteiger partial charge >= 0.3 is 0 Å². The van der Waals surface area contributed by atoms with E-state index in [1.807, 2.05) is 0 Å². The highest BCUT2D eigenvalue weighted by molar-refractivity contribution is 6.30. The van der Waals surface area contributed by atoms with Gasteiger partial charge in [0.1, 0.15) is 19.3 Å². The Hall–Kier alpha value is -2.58. The van der Waals surface area contributed by atoms with Gasteiger partial charge in [-0.2, -0.15) is 5.26 Å².